The van der Waals surface area contributed by atoms with E-state index in [1.807, 2.05) is 31.2 Å². The normalized spacial score (nSPS) is 17.3. The maximum Gasteiger partial charge on any atom is 0.416 e. The van der Waals surface area contributed by atoms with Gasteiger partial charge in [-0.1, -0.05) is 29.8 Å². The monoisotopic (exact) mass is 376 g/mol. The number of nitrogens with zero attached hydrogens (tertiary/aromatic N) is 1. The average molecular weight is 376 g/mol. The van der Waals surface area contributed by atoms with Gasteiger partial charge in [0.15, 0.2) is 0 Å². The van der Waals surface area contributed by atoms with Crippen LogP contribution in [0.5, 0.6) is 0 Å². The lowest BCUT2D eigenvalue weighted by molar-refractivity contribution is -0.137. The van der Waals surface area contributed by atoms with Gasteiger partial charge in [-0.15, -0.1) is 0 Å². The highest BCUT2D eigenvalue weighted by Gasteiger charge is 2.34. The zero-order valence-electron chi connectivity index (χ0n) is 14.7. The Kier molecular flexibility index (Phi) is 5.21. The van der Waals surface area contributed by atoms with Gasteiger partial charge in [-0.25, -0.2) is 0 Å². The van der Waals surface area contributed by atoms with Gasteiger partial charge in [-0.2, -0.15) is 13.2 Å². The zero-order valence-corrected chi connectivity index (χ0v) is 14.7. The first-order valence-electron chi connectivity index (χ1n) is 8.54. The highest BCUT2D eigenvalue weighted by Crippen LogP contribution is 2.30. The lowest BCUT2D eigenvalue weighted by Crippen LogP contribution is -2.28. The number of benzene rings is 2. The highest BCUT2D eigenvalue weighted by atomic mass is 19.4. The summed E-state index contributed by atoms with van der Waals surface area (Å²) in [4.78, 5) is 26.2. The average Bonchev–Trinajstić information content (AvgIpc) is 2.95. The maximum absolute atomic E-state index is 12.6. The molecule has 4 nitrogen and oxygen atoms in total. The molecule has 1 aliphatic rings. The van der Waals surface area contributed by atoms with Crippen molar-refractivity contribution >= 4 is 17.5 Å². The second-order valence-corrected chi connectivity index (χ2v) is 6.73. The molecule has 1 unspecified atom stereocenters. The van der Waals surface area contributed by atoms with E-state index < -0.39 is 17.7 Å². The van der Waals surface area contributed by atoms with Gasteiger partial charge < -0.3 is 10.2 Å². The van der Waals surface area contributed by atoms with Crippen LogP contribution < -0.4 is 5.32 Å². The quantitative estimate of drug-likeness (QED) is 0.877. The Morgan fingerprint density at radius 2 is 1.89 bits per heavy atom. The van der Waals surface area contributed by atoms with Gasteiger partial charge in [0.25, 0.3) is 0 Å². The van der Waals surface area contributed by atoms with Gasteiger partial charge in [0.2, 0.25) is 11.8 Å². The molecule has 27 heavy (non-hydrogen) atoms. The third-order valence-electron chi connectivity index (χ3n) is 4.52. The molecule has 2 amide bonds. The van der Waals surface area contributed by atoms with Crippen LogP contribution >= 0.6 is 0 Å². The molecule has 2 aromatic carbocycles. The number of hydrogen-bond acceptors (Lipinski definition) is 2. The van der Waals surface area contributed by atoms with Crippen LogP contribution in [-0.2, 0) is 22.3 Å². The summed E-state index contributed by atoms with van der Waals surface area (Å²) in [5.74, 6) is -0.997. The molecule has 2 aromatic rings. The minimum Gasteiger partial charge on any atom is -0.338 e. The zero-order chi connectivity index (χ0) is 19.6. The van der Waals surface area contributed by atoms with Crippen LogP contribution in [-0.4, -0.2) is 23.3 Å². The Morgan fingerprint density at radius 3 is 2.52 bits per heavy atom. The van der Waals surface area contributed by atoms with Crippen molar-refractivity contribution in [3.8, 4) is 0 Å². The predicted molar refractivity (Wildman–Crippen MR) is 94.8 cm³/mol. The van der Waals surface area contributed by atoms with E-state index in [1.165, 1.54) is 12.1 Å². The van der Waals surface area contributed by atoms with Gasteiger partial charge in [-0.05, 0) is 36.8 Å². The lowest BCUT2D eigenvalue weighted by Gasteiger charge is -2.17. The van der Waals surface area contributed by atoms with Crippen LogP contribution in [0.15, 0.2) is 48.5 Å². The topological polar surface area (TPSA) is 49.4 Å². The third kappa shape index (κ3) is 4.67. The summed E-state index contributed by atoms with van der Waals surface area (Å²) in [5, 5.41) is 2.59. The summed E-state index contributed by atoms with van der Waals surface area (Å²) < 4.78 is 37.8. The fourth-order valence-electron chi connectivity index (χ4n) is 3.12. The number of rotatable bonds is 4. The molecule has 1 heterocycles. The number of hydrogen-bond donors (Lipinski definition) is 1. The number of likely N-dealkylation sites (tertiary alicyclic amines) is 1. The number of amides is 2. The minimum absolute atomic E-state index is 0.0955. The van der Waals surface area contributed by atoms with E-state index >= 15 is 0 Å². The van der Waals surface area contributed by atoms with Gasteiger partial charge in [0, 0.05) is 25.2 Å². The molecule has 0 radical (unpaired) electrons. The van der Waals surface area contributed by atoms with Crippen LogP contribution in [0.1, 0.15) is 23.1 Å². The SMILES string of the molecule is Cc1cccc(CN2CC(C(=O)Nc3ccc(C(F)(F)F)cc3)CC2=O)c1. The standard InChI is InChI=1S/C20H19F3N2O2/c1-13-3-2-4-14(9-13)11-25-12-15(10-18(25)26)19(27)24-17-7-5-16(6-8-17)20(21,22)23/h2-9,15H,10-12H2,1H3,(H,24,27). The van der Waals surface area contributed by atoms with E-state index in [2.05, 4.69) is 5.32 Å². The molecule has 0 saturated carbocycles. The summed E-state index contributed by atoms with van der Waals surface area (Å²) in [6.45, 7) is 2.69. The lowest BCUT2D eigenvalue weighted by atomic mass is 10.1. The van der Waals surface area contributed by atoms with Crippen LogP contribution in [0, 0.1) is 12.8 Å². The van der Waals surface area contributed by atoms with E-state index in [9.17, 15) is 22.8 Å². The molecule has 1 aliphatic heterocycles. The number of aryl methyl sites for hydroxylation is 1. The first-order valence-corrected chi connectivity index (χ1v) is 8.54. The molecule has 7 heteroatoms. The molecular formula is C20H19F3N2O2. The van der Waals surface area contributed by atoms with Crippen molar-refractivity contribution in [2.24, 2.45) is 5.92 Å². The molecule has 0 bridgehead atoms. The van der Waals surface area contributed by atoms with Crippen molar-refractivity contribution in [3.05, 3.63) is 65.2 Å². The largest absolute Gasteiger partial charge is 0.416 e. The maximum atomic E-state index is 12.6. The third-order valence-corrected chi connectivity index (χ3v) is 4.52. The van der Waals surface area contributed by atoms with Crippen molar-refractivity contribution < 1.29 is 22.8 Å². The Labute approximate surface area is 155 Å². The van der Waals surface area contributed by atoms with Crippen molar-refractivity contribution in [1.82, 2.24) is 4.90 Å². The molecule has 1 fully saturated rings. The van der Waals surface area contributed by atoms with E-state index in [1.54, 1.807) is 4.90 Å². The number of anilines is 1. The number of carbonyl (C=O) groups is 2. The van der Waals surface area contributed by atoms with Gasteiger partial charge in [-0.3, -0.25) is 9.59 Å². The van der Waals surface area contributed by atoms with Crippen LogP contribution in [0.3, 0.4) is 0 Å². The summed E-state index contributed by atoms with van der Waals surface area (Å²) in [6, 6.07) is 12.1. The molecule has 1 saturated heterocycles. The summed E-state index contributed by atoms with van der Waals surface area (Å²) in [5.41, 5.74) is 1.58. The van der Waals surface area contributed by atoms with E-state index in [-0.39, 0.29) is 23.9 Å². The van der Waals surface area contributed by atoms with Crippen molar-refractivity contribution in [1.29, 1.82) is 0 Å². The second kappa shape index (κ2) is 7.42. The molecule has 3 rings (SSSR count). The van der Waals surface area contributed by atoms with Crippen molar-refractivity contribution in [2.45, 2.75) is 26.1 Å². The summed E-state index contributed by atoms with van der Waals surface area (Å²) in [7, 11) is 0. The molecular weight excluding hydrogens is 357 g/mol. The Morgan fingerprint density at radius 1 is 1.19 bits per heavy atom. The van der Waals surface area contributed by atoms with Gasteiger partial charge in [0.1, 0.15) is 0 Å². The number of nitrogens with one attached hydrogen (secondary N) is 1. The summed E-state index contributed by atoms with van der Waals surface area (Å²) >= 11 is 0. The van der Waals surface area contributed by atoms with E-state index in [0.717, 1.165) is 23.3 Å². The van der Waals surface area contributed by atoms with Gasteiger partial charge in [0.05, 0.1) is 11.5 Å². The molecule has 142 valence electrons. The number of halogens is 3. The molecule has 0 spiro atoms. The van der Waals surface area contributed by atoms with Crippen LogP contribution in [0.2, 0.25) is 0 Å². The summed E-state index contributed by atoms with van der Waals surface area (Å²) in [6.07, 6.45) is -4.32. The number of carbonyl (C=O) groups excluding carboxylic acids is 2. The second-order valence-electron chi connectivity index (χ2n) is 6.73. The smallest absolute Gasteiger partial charge is 0.338 e. The Bertz CT molecular complexity index is 847. The van der Waals surface area contributed by atoms with Crippen LogP contribution in [0.4, 0.5) is 18.9 Å². The highest BCUT2D eigenvalue weighted by molar-refractivity contribution is 5.97. The van der Waals surface area contributed by atoms with Gasteiger partial charge >= 0.3 is 6.18 Å². The number of alkyl halides is 3. The minimum atomic E-state index is -4.42. The van der Waals surface area contributed by atoms with Crippen molar-refractivity contribution in [2.75, 3.05) is 11.9 Å². The predicted octanol–water partition coefficient (Wildman–Crippen LogP) is 4.00. The molecule has 1 N–H and O–H groups in total. The Hall–Kier alpha value is -2.83. The van der Waals surface area contributed by atoms with E-state index in [0.29, 0.717) is 13.1 Å². The molecule has 1 atom stereocenters. The van der Waals surface area contributed by atoms with Crippen molar-refractivity contribution in [3.63, 3.8) is 0 Å². The fraction of sp³-hybridized carbons (Fsp3) is 0.300. The molecule has 0 aliphatic carbocycles. The first-order chi connectivity index (χ1) is 12.7. The molecule has 0 aromatic heterocycles. The fourth-order valence-corrected chi connectivity index (χ4v) is 3.12. The Balaban J connectivity index is 1.60. The van der Waals surface area contributed by atoms with E-state index in [4.69, 9.17) is 0 Å². The first kappa shape index (κ1) is 18.9. The van der Waals surface area contributed by atoms with Crippen LogP contribution in [0.25, 0.3) is 0 Å².